The summed E-state index contributed by atoms with van der Waals surface area (Å²) in [5.74, 6) is 0.875. The molecule has 1 atom stereocenters. The molecular weight excluding hydrogens is 454 g/mol. The molecule has 0 saturated carbocycles. The molecule has 30 heavy (non-hydrogen) atoms. The van der Waals surface area contributed by atoms with E-state index >= 15 is 0 Å². The molecule has 4 rings (SSSR count). The highest BCUT2D eigenvalue weighted by Gasteiger charge is 2.50. The first-order chi connectivity index (χ1) is 14.4. The first kappa shape index (κ1) is 21.2. The molecule has 1 aliphatic heterocycles. The monoisotopic (exact) mass is 481 g/mol. The summed E-state index contributed by atoms with van der Waals surface area (Å²) < 4.78 is 14.3. The van der Waals surface area contributed by atoms with Gasteiger partial charge in [-0.25, -0.2) is 0 Å². The van der Waals surface area contributed by atoms with Crippen LogP contribution in [0.3, 0.4) is 0 Å². The van der Waals surface area contributed by atoms with Crippen LogP contribution in [0.1, 0.15) is 20.8 Å². The van der Waals surface area contributed by atoms with Crippen LogP contribution in [0.4, 0.5) is 5.69 Å². The molecule has 0 amide bonds. The van der Waals surface area contributed by atoms with Gasteiger partial charge in [-0.2, -0.15) is 0 Å². The molecule has 5 heteroatoms. The third-order valence-corrected chi connectivity index (χ3v) is 11.2. The van der Waals surface area contributed by atoms with Crippen molar-refractivity contribution in [3.05, 3.63) is 83.3 Å². The van der Waals surface area contributed by atoms with Crippen molar-refractivity contribution in [2.24, 2.45) is 0 Å². The van der Waals surface area contributed by atoms with E-state index in [1.54, 1.807) is 0 Å². The standard InChI is InChI=1S/C25H28BrNO2Si/c1-25(2,3)30(21-10-6-4-7-11-21,22-12-8-5-9-13-22)28-18-20-17-27-23-16-19(26)14-15-24(23)29-20/h4-16,20,27H,17-18H2,1-3H3/t20-/m1/s1. The largest absolute Gasteiger partial charge is 0.484 e. The number of halogens is 1. The van der Waals surface area contributed by atoms with Crippen molar-refractivity contribution in [3.63, 3.8) is 0 Å². The Morgan fingerprint density at radius 3 is 2.13 bits per heavy atom. The molecule has 0 bridgehead atoms. The molecule has 1 N–H and O–H groups in total. The highest BCUT2D eigenvalue weighted by Crippen LogP contribution is 2.37. The molecule has 0 spiro atoms. The molecule has 0 fully saturated rings. The zero-order valence-corrected chi connectivity index (χ0v) is 20.3. The van der Waals surface area contributed by atoms with Gasteiger partial charge in [-0.1, -0.05) is 97.4 Å². The number of ether oxygens (including phenoxy) is 1. The third-order valence-electron chi connectivity index (χ3n) is 5.66. The maximum absolute atomic E-state index is 7.01. The first-order valence-corrected chi connectivity index (χ1v) is 13.1. The normalized spacial score (nSPS) is 16.3. The lowest BCUT2D eigenvalue weighted by Crippen LogP contribution is -2.67. The molecular formula is C25H28BrNO2Si. The van der Waals surface area contributed by atoms with E-state index in [2.05, 4.69) is 109 Å². The Bertz CT molecular complexity index is 950. The number of rotatable bonds is 5. The molecule has 0 radical (unpaired) electrons. The van der Waals surface area contributed by atoms with Crippen LogP contribution in [-0.2, 0) is 4.43 Å². The van der Waals surface area contributed by atoms with Crippen LogP contribution in [-0.4, -0.2) is 27.6 Å². The SMILES string of the molecule is CC(C)(C)[Si](OC[C@H]1CNc2cc(Br)ccc2O1)(c1ccccc1)c1ccccc1. The van der Waals surface area contributed by atoms with Crippen molar-refractivity contribution < 1.29 is 9.16 Å². The Hall–Kier alpha value is -2.08. The Balaban J connectivity index is 1.67. The van der Waals surface area contributed by atoms with E-state index in [4.69, 9.17) is 9.16 Å². The summed E-state index contributed by atoms with van der Waals surface area (Å²) in [5.41, 5.74) is 1.02. The zero-order valence-electron chi connectivity index (χ0n) is 17.7. The summed E-state index contributed by atoms with van der Waals surface area (Å²) >= 11 is 3.52. The summed E-state index contributed by atoms with van der Waals surface area (Å²) in [4.78, 5) is 0. The number of anilines is 1. The number of fused-ring (bicyclic) bond motifs is 1. The van der Waals surface area contributed by atoms with E-state index in [-0.39, 0.29) is 11.1 Å². The van der Waals surface area contributed by atoms with Crippen molar-refractivity contribution in [2.75, 3.05) is 18.5 Å². The van der Waals surface area contributed by atoms with E-state index in [0.29, 0.717) is 6.61 Å². The average molecular weight is 482 g/mol. The fourth-order valence-corrected chi connectivity index (χ4v) is 9.21. The van der Waals surface area contributed by atoms with Gasteiger partial charge in [0.25, 0.3) is 8.32 Å². The number of hydrogen-bond acceptors (Lipinski definition) is 3. The Morgan fingerprint density at radius 2 is 1.57 bits per heavy atom. The Morgan fingerprint density at radius 1 is 0.967 bits per heavy atom. The van der Waals surface area contributed by atoms with Gasteiger partial charge >= 0.3 is 0 Å². The Kier molecular flexibility index (Phi) is 6.05. The van der Waals surface area contributed by atoms with Crippen LogP contribution >= 0.6 is 15.9 Å². The molecule has 1 heterocycles. The smallest absolute Gasteiger partial charge is 0.261 e. The average Bonchev–Trinajstić information content (AvgIpc) is 2.75. The molecule has 1 aliphatic rings. The Labute approximate surface area is 188 Å². The maximum atomic E-state index is 7.01. The molecule has 156 valence electrons. The minimum absolute atomic E-state index is 0.0411. The van der Waals surface area contributed by atoms with Crippen molar-refractivity contribution in [3.8, 4) is 5.75 Å². The van der Waals surface area contributed by atoms with Crippen LogP contribution in [0, 0.1) is 0 Å². The molecule has 0 aromatic heterocycles. The molecule has 3 aromatic carbocycles. The lowest BCUT2D eigenvalue weighted by Gasteiger charge is -2.44. The van der Waals surface area contributed by atoms with Crippen molar-refractivity contribution in [1.82, 2.24) is 0 Å². The number of nitrogens with one attached hydrogen (secondary N) is 1. The second kappa shape index (κ2) is 8.58. The molecule has 3 nitrogen and oxygen atoms in total. The lowest BCUT2D eigenvalue weighted by molar-refractivity contribution is 0.127. The molecule has 0 saturated heterocycles. The van der Waals surface area contributed by atoms with Gasteiger partial charge in [-0.15, -0.1) is 0 Å². The summed E-state index contributed by atoms with van der Waals surface area (Å²) in [6.45, 7) is 8.15. The fourth-order valence-electron chi connectivity index (χ4n) is 4.26. The van der Waals surface area contributed by atoms with E-state index in [0.717, 1.165) is 22.5 Å². The van der Waals surface area contributed by atoms with Gasteiger partial charge in [0, 0.05) is 4.47 Å². The van der Waals surface area contributed by atoms with Gasteiger partial charge in [0.15, 0.2) is 0 Å². The predicted molar refractivity (Wildman–Crippen MR) is 131 cm³/mol. The van der Waals surface area contributed by atoms with Crippen LogP contribution in [0.15, 0.2) is 83.3 Å². The van der Waals surface area contributed by atoms with Crippen LogP contribution < -0.4 is 20.4 Å². The van der Waals surface area contributed by atoms with E-state index in [9.17, 15) is 0 Å². The molecule has 3 aromatic rings. The summed E-state index contributed by atoms with van der Waals surface area (Å²) in [7, 11) is -2.55. The topological polar surface area (TPSA) is 30.5 Å². The highest BCUT2D eigenvalue weighted by atomic mass is 79.9. The van der Waals surface area contributed by atoms with Gasteiger partial charge in [0.05, 0.1) is 18.8 Å². The van der Waals surface area contributed by atoms with Crippen molar-refractivity contribution in [1.29, 1.82) is 0 Å². The van der Waals surface area contributed by atoms with Gasteiger partial charge in [-0.05, 0) is 33.6 Å². The zero-order chi connectivity index (χ0) is 21.2. The quantitative estimate of drug-likeness (QED) is 0.508. The van der Waals surface area contributed by atoms with Crippen molar-refractivity contribution >= 4 is 40.3 Å². The maximum Gasteiger partial charge on any atom is 0.261 e. The van der Waals surface area contributed by atoms with E-state index in [1.165, 1.54) is 10.4 Å². The van der Waals surface area contributed by atoms with Gasteiger partial charge in [-0.3, -0.25) is 0 Å². The highest BCUT2D eigenvalue weighted by molar-refractivity contribution is 9.10. The second-order valence-electron chi connectivity index (χ2n) is 8.74. The fraction of sp³-hybridized carbons (Fsp3) is 0.280. The van der Waals surface area contributed by atoms with Crippen LogP contribution in [0.25, 0.3) is 0 Å². The second-order valence-corrected chi connectivity index (χ2v) is 14.0. The lowest BCUT2D eigenvalue weighted by atomic mass is 10.2. The minimum atomic E-state index is -2.55. The van der Waals surface area contributed by atoms with Gasteiger partial charge < -0.3 is 14.5 Å². The summed E-state index contributed by atoms with van der Waals surface area (Å²) in [5, 5.41) is 6.02. The molecule has 0 unspecified atom stereocenters. The van der Waals surface area contributed by atoms with Crippen molar-refractivity contribution in [2.45, 2.75) is 31.9 Å². The summed E-state index contributed by atoms with van der Waals surface area (Å²) in [6.07, 6.45) is -0.0414. The van der Waals surface area contributed by atoms with E-state index < -0.39 is 8.32 Å². The van der Waals surface area contributed by atoms with Crippen LogP contribution in [0.2, 0.25) is 5.04 Å². The minimum Gasteiger partial charge on any atom is -0.484 e. The predicted octanol–water partition coefficient (Wildman–Crippen LogP) is 5.20. The van der Waals surface area contributed by atoms with Crippen LogP contribution in [0.5, 0.6) is 5.75 Å². The van der Waals surface area contributed by atoms with Gasteiger partial charge in [0.2, 0.25) is 0 Å². The summed E-state index contributed by atoms with van der Waals surface area (Å²) in [6, 6.07) is 27.5. The number of hydrogen-bond donors (Lipinski definition) is 1. The van der Waals surface area contributed by atoms with Gasteiger partial charge in [0.1, 0.15) is 11.9 Å². The van der Waals surface area contributed by atoms with E-state index in [1.807, 2.05) is 12.1 Å². The molecule has 0 aliphatic carbocycles. The number of benzene rings is 3. The first-order valence-electron chi connectivity index (χ1n) is 10.4. The third kappa shape index (κ3) is 4.06.